The van der Waals surface area contributed by atoms with E-state index < -0.39 is 0 Å². The Bertz CT molecular complexity index is 647. The molecule has 0 fully saturated rings. The van der Waals surface area contributed by atoms with Gasteiger partial charge in [0, 0.05) is 5.41 Å². The van der Waals surface area contributed by atoms with E-state index in [-0.39, 0.29) is 5.41 Å². The van der Waals surface area contributed by atoms with E-state index in [9.17, 15) is 5.26 Å². The summed E-state index contributed by atoms with van der Waals surface area (Å²) in [6.45, 7) is 8.78. The fourth-order valence-electron chi connectivity index (χ4n) is 1.94. The van der Waals surface area contributed by atoms with Gasteiger partial charge in [-0.05, 0) is 19.1 Å². The Morgan fingerprint density at radius 3 is 2.55 bits per heavy atom. The van der Waals surface area contributed by atoms with Crippen LogP contribution in [0.1, 0.15) is 38.3 Å². The summed E-state index contributed by atoms with van der Waals surface area (Å²) >= 11 is 1.43. The molecule has 0 unspecified atom stereocenters. The summed E-state index contributed by atoms with van der Waals surface area (Å²) in [4.78, 5) is 5.36. The van der Waals surface area contributed by atoms with Gasteiger partial charge in [0.15, 0.2) is 0 Å². The van der Waals surface area contributed by atoms with E-state index in [2.05, 4.69) is 31.8 Å². The van der Waals surface area contributed by atoms with Crippen LogP contribution in [0.2, 0.25) is 0 Å². The second kappa shape index (κ2) is 5.64. The van der Waals surface area contributed by atoms with E-state index in [0.29, 0.717) is 11.5 Å². The summed E-state index contributed by atoms with van der Waals surface area (Å²) < 4.78 is 5.64. The maximum atomic E-state index is 9.30. The second-order valence-electron chi connectivity index (χ2n) is 5.49. The number of para-hydroxylation sites is 1. The first-order chi connectivity index (χ1) is 9.47. The summed E-state index contributed by atoms with van der Waals surface area (Å²) in [5.74, 6) is 0.814. The maximum absolute atomic E-state index is 9.30. The molecule has 0 aliphatic carbocycles. The van der Waals surface area contributed by atoms with Crippen molar-refractivity contribution in [3.8, 4) is 22.4 Å². The first kappa shape index (κ1) is 14.5. The predicted molar refractivity (Wildman–Crippen MR) is 82.1 cm³/mol. The summed E-state index contributed by atoms with van der Waals surface area (Å²) in [6.07, 6.45) is 0. The zero-order valence-corrected chi connectivity index (χ0v) is 13.0. The Labute approximate surface area is 123 Å². The van der Waals surface area contributed by atoms with Gasteiger partial charge in [-0.15, -0.1) is 11.3 Å². The van der Waals surface area contributed by atoms with Gasteiger partial charge in [-0.2, -0.15) is 5.26 Å². The normalized spacial score (nSPS) is 11.2. The number of rotatable bonds is 3. The molecular formula is C16H18N2OS. The lowest BCUT2D eigenvalue weighted by Crippen LogP contribution is -2.13. The number of thiazole rings is 1. The number of benzene rings is 1. The lowest BCUT2D eigenvalue weighted by molar-refractivity contribution is 0.341. The third-order valence-electron chi connectivity index (χ3n) is 2.86. The SMILES string of the molecule is CCOc1ccccc1-c1nc(C(C)(C)C)c(C#N)s1. The van der Waals surface area contributed by atoms with Crippen molar-refractivity contribution in [1.29, 1.82) is 5.26 Å². The molecule has 0 radical (unpaired) electrons. The highest BCUT2D eigenvalue weighted by molar-refractivity contribution is 7.15. The van der Waals surface area contributed by atoms with Gasteiger partial charge in [-0.3, -0.25) is 0 Å². The van der Waals surface area contributed by atoms with Crippen molar-refractivity contribution in [3.63, 3.8) is 0 Å². The zero-order chi connectivity index (χ0) is 14.8. The van der Waals surface area contributed by atoms with Crippen LogP contribution in [0, 0.1) is 11.3 Å². The maximum Gasteiger partial charge on any atom is 0.129 e. The molecule has 1 aromatic carbocycles. The molecule has 0 N–H and O–H groups in total. The average molecular weight is 286 g/mol. The molecule has 0 amide bonds. The molecule has 1 heterocycles. The molecular weight excluding hydrogens is 268 g/mol. The smallest absolute Gasteiger partial charge is 0.129 e. The minimum absolute atomic E-state index is 0.139. The van der Waals surface area contributed by atoms with Crippen LogP contribution in [0.15, 0.2) is 24.3 Å². The van der Waals surface area contributed by atoms with Gasteiger partial charge in [-0.1, -0.05) is 32.9 Å². The largest absolute Gasteiger partial charge is 0.493 e. The molecule has 2 aromatic rings. The van der Waals surface area contributed by atoms with Crippen molar-refractivity contribution in [3.05, 3.63) is 34.8 Å². The summed E-state index contributed by atoms with van der Waals surface area (Å²) in [7, 11) is 0. The second-order valence-corrected chi connectivity index (χ2v) is 6.49. The van der Waals surface area contributed by atoms with Gasteiger partial charge < -0.3 is 4.74 Å². The van der Waals surface area contributed by atoms with Gasteiger partial charge in [-0.25, -0.2) is 4.98 Å². The Hall–Kier alpha value is -1.86. The molecule has 0 aliphatic heterocycles. The molecule has 0 bridgehead atoms. The third kappa shape index (κ3) is 2.83. The van der Waals surface area contributed by atoms with Crippen molar-refractivity contribution in [1.82, 2.24) is 4.98 Å². The van der Waals surface area contributed by atoms with Crippen molar-refractivity contribution < 1.29 is 4.74 Å². The van der Waals surface area contributed by atoms with E-state index in [1.54, 1.807) is 0 Å². The molecule has 1 aromatic heterocycles. The van der Waals surface area contributed by atoms with Gasteiger partial charge in [0.2, 0.25) is 0 Å². The number of nitriles is 1. The minimum atomic E-state index is -0.139. The Morgan fingerprint density at radius 2 is 2.00 bits per heavy atom. The molecule has 0 saturated carbocycles. The number of hydrogen-bond acceptors (Lipinski definition) is 4. The number of ether oxygens (including phenoxy) is 1. The molecule has 0 aliphatic rings. The lowest BCUT2D eigenvalue weighted by atomic mass is 9.91. The summed E-state index contributed by atoms with van der Waals surface area (Å²) in [6, 6.07) is 10.1. The van der Waals surface area contributed by atoms with Crippen molar-refractivity contribution in [2.75, 3.05) is 6.61 Å². The van der Waals surface area contributed by atoms with E-state index in [4.69, 9.17) is 4.74 Å². The van der Waals surface area contributed by atoms with E-state index in [0.717, 1.165) is 22.0 Å². The zero-order valence-electron chi connectivity index (χ0n) is 12.2. The fourth-order valence-corrected chi connectivity index (χ4v) is 3.05. The van der Waals surface area contributed by atoms with Crippen molar-refractivity contribution in [2.45, 2.75) is 33.1 Å². The highest BCUT2D eigenvalue weighted by atomic mass is 32.1. The van der Waals surface area contributed by atoms with E-state index in [1.165, 1.54) is 11.3 Å². The van der Waals surface area contributed by atoms with Gasteiger partial charge in [0.1, 0.15) is 21.7 Å². The predicted octanol–water partition coefficient (Wildman–Crippen LogP) is 4.38. The molecule has 3 nitrogen and oxygen atoms in total. The molecule has 2 rings (SSSR count). The van der Waals surface area contributed by atoms with Gasteiger partial charge in [0.25, 0.3) is 0 Å². The Kier molecular flexibility index (Phi) is 4.10. The first-order valence-electron chi connectivity index (χ1n) is 6.61. The van der Waals surface area contributed by atoms with Gasteiger partial charge in [0.05, 0.1) is 17.9 Å². The molecule has 20 heavy (non-hydrogen) atoms. The summed E-state index contributed by atoms with van der Waals surface area (Å²) in [5.41, 5.74) is 1.66. The number of nitrogens with zero attached hydrogens (tertiary/aromatic N) is 2. The number of aromatic nitrogens is 1. The Balaban J connectivity index is 2.55. The minimum Gasteiger partial charge on any atom is -0.493 e. The highest BCUT2D eigenvalue weighted by Crippen LogP contribution is 2.37. The molecule has 4 heteroatoms. The van der Waals surface area contributed by atoms with Crippen LogP contribution in [0.4, 0.5) is 0 Å². The van der Waals surface area contributed by atoms with E-state index >= 15 is 0 Å². The average Bonchev–Trinajstić information content (AvgIpc) is 2.84. The third-order valence-corrected chi connectivity index (χ3v) is 3.85. The molecule has 0 atom stereocenters. The topological polar surface area (TPSA) is 45.9 Å². The van der Waals surface area contributed by atoms with Crippen molar-refractivity contribution in [2.24, 2.45) is 0 Å². The van der Waals surface area contributed by atoms with Crippen molar-refractivity contribution >= 4 is 11.3 Å². The monoisotopic (exact) mass is 286 g/mol. The quantitative estimate of drug-likeness (QED) is 0.841. The lowest BCUT2D eigenvalue weighted by Gasteiger charge is -2.15. The van der Waals surface area contributed by atoms with Crippen LogP contribution < -0.4 is 4.74 Å². The van der Waals surface area contributed by atoms with Crippen LogP contribution in [0.25, 0.3) is 10.6 Å². The molecule has 0 saturated heterocycles. The van der Waals surface area contributed by atoms with E-state index in [1.807, 2.05) is 31.2 Å². The highest BCUT2D eigenvalue weighted by Gasteiger charge is 2.24. The van der Waals surface area contributed by atoms with Crippen LogP contribution in [0.5, 0.6) is 5.75 Å². The van der Waals surface area contributed by atoms with Crippen LogP contribution in [-0.4, -0.2) is 11.6 Å². The molecule has 104 valence electrons. The number of hydrogen-bond donors (Lipinski definition) is 0. The standard InChI is InChI=1S/C16H18N2OS/c1-5-19-12-9-7-6-8-11(12)15-18-14(16(2,3)4)13(10-17)20-15/h6-9H,5H2,1-4H3. The Morgan fingerprint density at radius 1 is 1.30 bits per heavy atom. The van der Waals surface area contributed by atoms with Crippen LogP contribution in [0.3, 0.4) is 0 Å². The van der Waals surface area contributed by atoms with Crippen LogP contribution in [-0.2, 0) is 5.41 Å². The fraction of sp³-hybridized carbons (Fsp3) is 0.375. The van der Waals surface area contributed by atoms with Gasteiger partial charge >= 0.3 is 0 Å². The van der Waals surface area contributed by atoms with Crippen LogP contribution >= 0.6 is 11.3 Å². The first-order valence-corrected chi connectivity index (χ1v) is 7.42. The summed E-state index contributed by atoms with van der Waals surface area (Å²) in [5, 5.41) is 10.1. The molecule has 0 spiro atoms.